The Labute approximate surface area is 297 Å². The average Bonchev–Trinajstić information content (AvgIpc) is 3.03. The predicted molar refractivity (Wildman–Crippen MR) is 150 cm³/mol. The molecule has 0 fully saturated rings. The van der Waals surface area contributed by atoms with E-state index in [-0.39, 0.29) is 12.7 Å². The van der Waals surface area contributed by atoms with Crippen LogP contribution in [0.15, 0.2) is 23.3 Å². The molecule has 0 aromatic carbocycles. The Balaban J connectivity index is 3.17. The van der Waals surface area contributed by atoms with Gasteiger partial charge in [0.1, 0.15) is 0 Å². The van der Waals surface area contributed by atoms with E-state index in [1.807, 2.05) is 0 Å². The normalized spacial score (nSPS) is 19.3. The van der Waals surface area contributed by atoms with Gasteiger partial charge in [-0.3, -0.25) is 0 Å². The van der Waals surface area contributed by atoms with Crippen molar-refractivity contribution in [3.63, 3.8) is 0 Å². The van der Waals surface area contributed by atoms with E-state index in [9.17, 15) is 92.2 Å². The maximum atomic E-state index is 15.0. The van der Waals surface area contributed by atoms with Gasteiger partial charge in [-0.05, 0) is 13.3 Å². The van der Waals surface area contributed by atoms with Crippen LogP contribution in [0, 0.1) is 5.92 Å². The van der Waals surface area contributed by atoms with Crippen molar-refractivity contribution in [1.82, 2.24) is 0 Å². The standard InChI is InChI=1S/C30H35F21O2Si/c1-4-5-6-7-8-9-10-11-12-13-16-52-54-53-20-15-14-19(17(2)18(20)3)21(31,32)22(33,34)23(35,36)24(37,38)25(39,40)26(41,42)27(43,44)28(45,46)29(47,48)30(49,50)51/h14-15,18,20H,4-13,16H2,1-3H3. The summed E-state index contributed by atoms with van der Waals surface area (Å²) in [6.45, 7) is 3.66. The van der Waals surface area contributed by atoms with Gasteiger partial charge in [0, 0.05) is 18.1 Å². The quantitative estimate of drug-likeness (QED) is 0.0579. The third kappa shape index (κ3) is 8.83. The molecule has 1 aliphatic carbocycles. The number of halogens is 21. The summed E-state index contributed by atoms with van der Waals surface area (Å²) in [6, 6.07) is 0. The summed E-state index contributed by atoms with van der Waals surface area (Å²) in [7, 11) is -0.834. The first-order valence-electron chi connectivity index (χ1n) is 16.0. The van der Waals surface area contributed by atoms with Gasteiger partial charge in [0.2, 0.25) is 0 Å². The van der Waals surface area contributed by atoms with E-state index in [2.05, 4.69) is 6.92 Å². The van der Waals surface area contributed by atoms with Gasteiger partial charge in [-0.25, -0.2) is 0 Å². The molecular weight excluding hydrogens is 819 g/mol. The molecule has 0 aromatic rings. The summed E-state index contributed by atoms with van der Waals surface area (Å²) in [4.78, 5) is 0. The van der Waals surface area contributed by atoms with Gasteiger partial charge in [0.15, 0.2) is 0 Å². The van der Waals surface area contributed by atoms with Crippen molar-refractivity contribution in [3.05, 3.63) is 23.3 Å². The minimum Gasteiger partial charge on any atom is -0.393 e. The Kier molecular flexibility index (Phi) is 16.1. The van der Waals surface area contributed by atoms with E-state index in [4.69, 9.17) is 8.85 Å². The molecule has 2 unspecified atom stereocenters. The number of alkyl halides is 21. The van der Waals surface area contributed by atoms with Crippen LogP contribution >= 0.6 is 0 Å². The van der Waals surface area contributed by atoms with Crippen LogP contribution in [0.5, 0.6) is 0 Å². The summed E-state index contributed by atoms with van der Waals surface area (Å²) in [5, 5.41) is 0. The third-order valence-corrected chi connectivity index (χ3v) is 9.44. The summed E-state index contributed by atoms with van der Waals surface area (Å²) in [6.07, 6.45) is 0.839. The van der Waals surface area contributed by atoms with E-state index in [0.717, 1.165) is 64.7 Å². The number of allylic oxidation sites excluding steroid dienone is 2. The smallest absolute Gasteiger partial charge is 0.393 e. The highest BCUT2D eigenvalue weighted by Gasteiger charge is 2.98. The highest BCUT2D eigenvalue weighted by Crippen LogP contribution is 2.66. The lowest BCUT2D eigenvalue weighted by Gasteiger charge is -2.45. The second-order valence-corrected chi connectivity index (χ2v) is 13.3. The molecule has 0 bridgehead atoms. The molecule has 0 heterocycles. The molecule has 1 rings (SSSR count). The molecule has 0 saturated heterocycles. The van der Waals surface area contributed by atoms with Crippen LogP contribution in [-0.2, 0) is 8.85 Å². The molecule has 0 N–H and O–H groups in total. The van der Waals surface area contributed by atoms with Gasteiger partial charge in [-0.15, -0.1) is 0 Å². The van der Waals surface area contributed by atoms with E-state index in [0.29, 0.717) is 19.4 Å². The van der Waals surface area contributed by atoms with Crippen LogP contribution in [0.4, 0.5) is 92.2 Å². The highest BCUT2D eigenvalue weighted by atomic mass is 28.3. The van der Waals surface area contributed by atoms with Crippen molar-refractivity contribution in [2.45, 2.75) is 151 Å². The molecule has 1 aliphatic rings. The first-order chi connectivity index (χ1) is 24.1. The summed E-state index contributed by atoms with van der Waals surface area (Å²) < 4.78 is 300. The zero-order chi connectivity index (χ0) is 42.6. The van der Waals surface area contributed by atoms with Crippen molar-refractivity contribution in [2.24, 2.45) is 5.92 Å². The molecule has 0 amide bonds. The molecule has 0 aromatic heterocycles. The Morgan fingerprint density at radius 1 is 0.519 bits per heavy atom. The van der Waals surface area contributed by atoms with Gasteiger partial charge < -0.3 is 8.85 Å². The zero-order valence-electron chi connectivity index (χ0n) is 28.3. The van der Waals surface area contributed by atoms with Gasteiger partial charge in [-0.1, -0.05) is 89.4 Å². The number of rotatable bonds is 23. The highest BCUT2D eigenvalue weighted by molar-refractivity contribution is 6.18. The van der Waals surface area contributed by atoms with E-state index < -0.39 is 92.7 Å². The largest absolute Gasteiger partial charge is 0.460 e. The Morgan fingerprint density at radius 2 is 0.870 bits per heavy atom. The van der Waals surface area contributed by atoms with E-state index >= 15 is 0 Å². The van der Waals surface area contributed by atoms with Gasteiger partial charge >= 0.3 is 69.5 Å². The van der Waals surface area contributed by atoms with Crippen molar-refractivity contribution in [2.75, 3.05) is 6.61 Å². The topological polar surface area (TPSA) is 18.5 Å². The maximum absolute atomic E-state index is 15.0. The summed E-state index contributed by atoms with van der Waals surface area (Å²) >= 11 is 0. The summed E-state index contributed by atoms with van der Waals surface area (Å²) in [5.74, 6) is -78.9. The van der Waals surface area contributed by atoms with Crippen LogP contribution in [0.25, 0.3) is 0 Å². The van der Waals surface area contributed by atoms with E-state index in [1.54, 1.807) is 0 Å². The lowest BCUT2D eigenvalue weighted by Crippen LogP contribution is -2.76. The number of hydrogen-bond acceptors (Lipinski definition) is 2. The van der Waals surface area contributed by atoms with Crippen LogP contribution in [0.3, 0.4) is 0 Å². The molecule has 24 heteroatoms. The fourth-order valence-corrected chi connectivity index (χ4v) is 5.68. The van der Waals surface area contributed by atoms with Gasteiger partial charge in [0.25, 0.3) is 0 Å². The van der Waals surface area contributed by atoms with Crippen molar-refractivity contribution in [1.29, 1.82) is 0 Å². The Morgan fingerprint density at radius 3 is 1.26 bits per heavy atom. The molecule has 318 valence electrons. The molecule has 0 spiro atoms. The zero-order valence-corrected chi connectivity index (χ0v) is 29.3. The molecule has 0 saturated carbocycles. The molecule has 2 atom stereocenters. The number of unbranched alkanes of at least 4 members (excludes halogenated alkanes) is 9. The van der Waals surface area contributed by atoms with Gasteiger partial charge in [-0.2, -0.15) is 92.2 Å². The van der Waals surface area contributed by atoms with E-state index in [1.165, 1.54) is 0 Å². The van der Waals surface area contributed by atoms with Crippen LogP contribution in [0.1, 0.15) is 85.0 Å². The maximum Gasteiger partial charge on any atom is 0.460 e. The van der Waals surface area contributed by atoms with Crippen LogP contribution in [-0.4, -0.2) is 82.2 Å². The monoisotopic (exact) mass is 854 g/mol. The molecule has 2 radical (unpaired) electrons. The second-order valence-electron chi connectivity index (χ2n) is 12.6. The SMILES string of the molecule is CCCCCCCCCCCCO[Si]OC1C=CC(C(F)(F)C(F)(F)C(F)(F)C(F)(F)C(F)(F)C(F)(F)C(F)(F)C(F)(F)C(F)(F)C(F)(F)F)=C(C)C1C. The van der Waals surface area contributed by atoms with Crippen LogP contribution < -0.4 is 0 Å². The molecule has 0 aliphatic heterocycles. The lowest BCUT2D eigenvalue weighted by atomic mass is 9.80. The minimum atomic E-state index is -9.20. The third-order valence-electron chi connectivity index (χ3n) is 8.75. The first-order valence-corrected chi connectivity index (χ1v) is 16.8. The molecule has 54 heavy (non-hydrogen) atoms. The Bertz CT molecular complexity index is 1280. The fourth-order valence-electron chi connectivity index (χ4n) is 4.99. The minimum absolute atomic E-state index is 0.143. The predicted octanol–water partition coefficient (Wildman–Crippen LogP) is 12.6. The second kappa shape index (κ2) is 17.3. The summed E-state index contributed by atoms with van der Waals surface area (Å²) in [5.41, 5.74) is -3.44. The fraction of sp³-hybridized carbons (Fsp3) is 0.867. The first kappa shape index (κ1) is 50.2. The number of hydrogen-bond donors (Lipinski definition) is 0. The van der Waals surface area contributed by atoms with Crippen molar-refractivity contribution >= 4 is 10.0 Å². The molecular formula is C30H35F21O2Si. The molecule has 2 nitrogen and oxygen atoms in total. The van der Waals surface area contributed by atoms with Gasteiger partial charge in [0.05, 0.1) is 6.10 Å². The lowest BCUT2D eigenvalue weighted by molar-refractivity contribution is -0.473. The van der Waals surface area contributed by atoms with Crippen molar-refractivity contribution in [3.8, 4) is 0 Å². The van der Waals surface area contributed by atoms with Crippen molar-refractivity contribution < 1.29 is 101 Å². The average molecular weight is 855 g/mol. The van der Waals surface area contributed by atoms with Crippen LogP contribution in [0.2, 0.25) is 0 Å². The Hall–Kier alpha value is -1.85.